The van der Waals surface area contributed by atoms with Gasteiger partial charge >= 0.3 is 0 Å². The summed E-state index contributed by atoms with van der Waals surface area (Å²) in [7, 11) is 3.47. The molecule has 1 rings (SSSR count). The lowest BCUT2D eigenvalue weighted by Gasteiger charge is -2.18. The molecule has 1 atom stereocenters. The third-order valence-electron chi connectivity index (χ3n) is 4.57. The van der Waals surface area contributed by atoms with E-state index in [0.717, 1.165) is 24.4 Å². The molecule has 0 aromatic carbocycles. The second-order valence-corrected chi connectivity index (χ2v) is 7.48. The van der Waals surface area contributed by atoms with Crippen LogP contribution in [0.1, 0.15) is 70.8 Å². The Bertz CT molecular complexity index is 581. The second kappa shape index (κ2) is 12.4. The van der Waals surface area contributed by atoms with E-state index in [0.29, 0.717) is 24.3 Å². The van der Waals surface area contributed by atoms with Gasteiger partial charge in [0, 0.05) is 26.7 Å². The summed E-state index contributed by atoms with van der Waals surface area (Å²) in [5.74, 6) is 2.28. The predicted octanol–water partition coefficient (Wildman–Crippen LogP) is 3.14. The number of carbonyl (C=O) groups excluding carboxylic acids is 1. The fourth-order valence-electron chi connectivity index (χ4n) is 2.50. The lowest BCUT2D eigenvalue weighted by molar-refractivity contribution is -0.127. The largest absolute Gasteiger partial charge is 0.359 e. The summed E-state index contributed by atoms with van der Waals surface area (Å²) in [5.41, 5.74) is 0.937. The Morgan fingerprint density at radius 1 is 1.30 bits per heavy atom. The molecule has 0 saturated carbocycles. The summed E-state index contributed by atoms with van der Waals surface area (Å²) in [5, 5.41) is 10.7. The maximum Gasteiger partial charge on any atom is 0.243 e. The van der Waals surface area contributed by atoms with Crippen LogP contribution in [-0.2, 0) is 11.3 Å². The third-order valence-corrected chi connectivity index (χ3v) is 4.57. The summed E-state index contributed by atoms with van der Waals surface area (Å²) in [6, 6.07) is 1.95. The van der Waals surface area contributed by atoms with E-state index >= 15 is 0 Å². The topological polar surface area (TPSA) is 82.8 Å². The van der Waals surface area contributed by atoms with E-state index in [-0.39, 0.29) is 12.5 Å². The van der Waals surface area contributed by atoms with Crippen molar-refractivity contribution < 1.29 is 9.32 Å². The van der Waals surface area contributed by atoms with Gasteiger partial charge in [-0.1, -0.05) is 52.1 Å². The van der Waals surface area contributed by atoms with Gasteiger partial charge in [-0.15, -0.1) is 0 Å². The number of nitrogens with one attached hydrogen (secondary N) is 2. The van der Waals surface area contributed by atoms with Crippen molar-refractivity contribution in [2.24, 2.45) is 10.9 Å². The molecule has 0 spiro atoms. The zero-order valence-electron chi connectivity index (χ0n) is 17.8. The number of hydrogen-bond acceptors (Lipinski definition) is 4. The molecule has 0 saturated heterocycles. The third kappa shape index (κ3) is 8.93. The number of unbranched alkanes of at least 4 members (excludes halogenated alkanes) is 1. The van der Waals surface area contributed by atoms with Crippen LogP contribution in [0, 0.1) is 5.92 Å². The highest BCUT2D eigenvalue weighted by Crippen LogP contribution is 2.14. The molecule has 0 bridgehead atoms. The van der Waals surface area contributed by atoms with Crippen molar-refractivity contribution in [3.63, 3.8) is 0 Å². The smallest absolute Gasteiger partial charge is 0.243 e. The highest BCUT2D eigenvalue weighted by molar-refractivity contribution is 5.84. The molecule has 7 heteroatoms. The minimum atomic E-state index is -0.0316. The number of likely N-dealkylation sites (N-methyl/N-ethyl adjacent to an activating group) is 1. The van der Waals surface area contributed by atoms with Crippen LogP contribution < -0.4 is 10.6 Å². The molecule has 0 radical (unpaired) electrons. The lowest BCUT2D eigenvalue weighted by Crippen LogP contribution is -2.40. The molecule has 0 aliphatic rings. The van der Waals surface area contributed by atoms with Gasteiger partial charge in [0.15, 0.2) is 11.7 Å². The van der Waals surface area contributed by atoms with Gasteiger partial charge in [0.25, 0.3) is 0 Å². The van der Waals surface area contributed by atoms with E-state index in [9.17, 15) is 4.79 Å². The average Bonchev–Trinajstić information content (AvgIpc) is 3.12. The number of carbonyl (C=O) groups is 1. The van der Waals surface area contributed by atoms with Gasteiger partial charge in [-0.3, -0.25) is 4.79 Å². The number of rotatable bonds is 11. The Hall–Kier alpha value is -2.05. The van der Waals surface area contributed by atoms with Gasteiger partial charge < -0.3 is 20.1 Å². The molecular formula is C20H37N5O2. The van der Waals surface area contributed by atoms with Crippen molar-refractivity contribution >= 4 is 11.9 Å². The highest BCUT2D eigenvalue weighted by atomic mass is 16.5. The van der Waals surface area contributed by atoms with Crippen LogP contribution >= 0.6 is 0 Å². The van der Waals surface area contributed by atoms with Crippen molar-refractivity contribution in [3.8, 4) is 0 Å². The molecule has 7 nitrogen and oxygen atoms in total. The molecule has 2 N–H and O–H groups in total. The van der Waals surface area contributed by atoms with Crippen molar-refractivity contribution in [2.45, 2.75) is 65.8 Å². The van der Waals surface area contributed by atoms with E-state index in [2.05, 4.69) is 48.5 Å². The predicted molar refractivity (Wildman–Crippen MR) is 110 cm³/mol. The lowest BCUT2D eigenvalue weighted by atomic mass is 9.99. The van der Waals surface area contributed by atoms with Gasteiger partial charge in [-0.2, -0.15) is 0 Å². The molecule has 1 amide bonds. The van der Waals surface area contributed by atoms with Crippen molar-refractivity contribution in [1.29, 1.82) is 0 Å². The average molecular weight is 380 g/mol. The van der Waals surface area contributed by atoms with E-state index in [1.807, 2.05) is 6.07 Å². The molecule has 0 aliphatic heterocycles. The first-order valence-electron chi connectivity index (χ1n) is 10.0. The number of guanidine groups is 1. The first-order chi connectivity index (χ1) is 12.9. The fourth-order valence-corrected chi connectivity index (χ4v) is 2.50. The fraction of sp³-hybridized carbons (Fsp3) is 0.750. The number of nitrogens with zero attached hydrogens (tertiary/aromatic N) is 3. The van der Waals surface area contributed by atoms with E-state index in [1.165, 1.54) is 19.3 Å². The quantitative estimate of drug-likeness (QED) is 0.456. The van der Waals surface area contributed by atoms with E-state index < -0.39 is 0 Å². The van der Waals surface area contributed by atoms with Crippen LogP contribution in [0.5, 0.6) is 0 Å². The first-order valence-corrected chi connectivity index (χ1v) is 10.0. The summed E-state index contributed by atoms with van der Waals surface area (Å²) in [6.07, 6.45) is 4.76. The van der Waals surface area contributed by atoms with Crippen LogP contribution in [-0.4, -0.2) is 49.1 Å². The van der Waals surface area contributed by atoms with Gasteiger partial charge in [0.05, 0.1) is 12.2 Å². The molecule has 0 aliphatic carbocycles. The summed E-state index contributed by atoms with van der Waals surface area (Å²) in [6.45, 7) is 10.0. The van der Waals surface area contributed by atoms with Gasteiger partial charge in [0.1, 0.15) is 6.54 Å². The standard InChI is InChI=1S/C20H37N5O2/c1-7-9-10-16(8-2)12-21-20(23-14-19(26)25(5)6)22-13-17-11-18(15(3)4)24-27-17/h11,15-16H,7-10,12-14H2,1-6H3,(H2,21,22,23). The summed E-state index contributed by atoms with van der Waals surface area (Å²) >= 11 is 0. The monoisotopic (exact) mass is 379 g/mol. The molecule has 0 fully saturated rings. The summed E-state index contributed by atoms with van der Waals surface area (Å²) < 4.78 is 5.37. The Morgan fingerprint density at radius 2 is 2.04 bits per heavy atom. The van der Waals surface area contributed by atoms with Crippen LogP contribution in [0.25, 0.3) is 0 Å². The Morgan fingerprint density at radius 3 is 2.59 bits per heavy atom. The van der Waals surface area contributed by atoms with Gasteiger partial charge in [-0.25, -0.2) is 4.99 Å². The number of amides is 1. The van der Waals surface area contributed by atoms with Crippen molar-refractivity contribution in [2.75, 3.05) is 27.2 Å². The highest BCUT2D eigenvalue weighted by Gasteiger charge is 2.11. The van der Waals surface area contributed by atoms with Crippen molar-refractivity contribution in [3.05, 3.63) is 17.5 Å². The minimum absolute atomic E-state index is 0.0316. The maximum atomic E-state index is 11.9. The SMILES string of the molecule is CCCCC(CC)CNC(=NCC(=O)N(C)C)NCc1cc(C(C)C)no1. The van der Waals surface area contributed by atoms with E-state index in [4.69, 9.17) is 4.52 Å². The molecule has 27 heavy (non-hydrogen) atoms. The Balaban J connectivity index is 2.68. The zero-order chi connectivity index (χ0) is 20.2. The number of aliphatic imine (C=N–C) groups is 1. The van der Waals surface area contributed by atoms with Gasteiger partial charge in [-0.05, 0) is 18.3 Å². The van der Waals surface area contributed by atoms with Crippen LogP contribution in [0.3, 0.4) is 0 Å². The Labute approximate surface area is 164 Å². The normalized spacial score (nSPS) is 12.9. The molecule has 1 unspecified atom stereocenters. The minimum Gasteiger partial charge on any atom is -0.359 e. The zero-order valence-corrected chi connectivity index (χ0v) is 17.8. The van der Waals surface area contributed by atoms with E-state index in [1.54, 1.807) is 19.0 Å². The number of hydrogen-bond donors (Lipinski definition) is 2. The molecule has 1 heterocycles. The summed E-state index contributed by atoms with van der Waals surface area (Å²) in [4.78, 5) is 17.8. The van der Waals surface area contributed by atoms with Crippen LogP contribution in [0.2, 0.25) is 0 Å². The van der Waals surface area contributed by atoms with Gasteiger partial charge in [0.2, 0.25) is 5.91 Å². The molecule has 1 aromatic heterocycles. The van der Waals surface area contributed by atoms with Crippen LogP contribution in [0.4, 0.5) is 0 Å². The number of aromatic nitrogens is 1. The molecule has 1 aromatic rings. The Kier molecular flexibility index (Phi) is 10.5. The maximum absolute atomic E-state index is 11.9. The van der Waals surface area contributed by atoms with Crippen LogP contribution in [0.15, 0.2) is 15.6 Å². The second-order valence-electron chi connectivity index (χ2n) is 7.48. The molecular weight excluding hydrogens is 342 g/mol. The van der Waals surface area contributed by atoms with Crippen molar-refractivity contribution in [1.82, 2.24) is 20.7 Å². The first kappa shape index (κ1) is 23.0. The molecule has 154 valence electrons.